The van der Waals surface area contributed by atoms with E-state index in [-0.39, 0.29) is 19.1 Å². The Morgan fingerprint density at radius 1 is 0.912 bits per heavy atom. The van der Waals surface area contributed by atoms with Crippen LogP contribution in [0.1, 0.15) is 0 Å². The largest absolute Gasteiger partial charge is 0.490 e. The van der Waals surface area contributed by atoms with Gasteiger partial charge >= 0.3 is 5.97 Å². The van der Waals surface area contributed by atoms with Crippen LogP contribution in [0.25, 0.3) is 10.9 Å². The molecule has 0 spiro atoms. The van der Waals surface area contributed by atoms with Crippen molar-refractivity contribution in [2.75, 3.05) is 78.6 Å². The summed E-state index contributed by atoms with van der Waals surface area (Å²) in [6.07, 6.45) is 1.14. The van der Waals surface area contributed by atoms with Crippen molar-refractivity contribution in [2.45, 2.75) is 6.10 Å². The predicted molar refractivity (Wildman–Crippen MR) is 127 cm³/mol. The highest BCUT2D eigenvalue weighted by molar-refractivity contribution is 5.84. The molecule has 2 aromatic rings. The zero-order valence-electron chi connectivity index (χ0n) is 19.4. The summed E-state index contributed by atoms with van der Waals surface area (Å²) in [7, 11) is 0. The summed E-state index contributed by atoms with van der Waals surface area (Å²) in [4.78, 5) is 35.8. The Kier molecular flexibility index (Phi) is 8.28. The zero-order chi connectivity index (χ0) is 23.9. The van der Waals surface area contributed by atoms with E-state index in [1.54, 1.807) is 6.20 Å². The highest BCUT2D eigenvalue weighted by Crippen LogP contribution is 2.23. The lowest BCUT2D eigenvalue weighted by molar-refractivity contribution is -0.139. The number of aliphatic hydroxyl groups excluding tert-OH is 1. The lowest BCUT2D eigenvalue weighted by Gasteiger charge is -2.38. The van der Waals surface area contributed by atoms with Crippen LogP contribution in [-0.4, -0.2) is 131 Å². The molecular formula is C24H33N5O5. The van der Waals surface area contributed by atoms with Crippen LogP contribution in [0.15, 0.2) is 36.5 Å². The number of carbonyl (C=O) groups is 2. The summed E-state index contributed by atoms with van der Waals surface area (Å²) < 4.78 is 5.88. The smallest absolute Gasteiger partial charge is 0.317 e. The molecule has 1 atom stereocenters. The topological polar surface area (TPSA) is 110 Å². The maximum atomic E-state index is 12.6. The molecule has 1 aromatic heterocycles. The normalized spacial score (nSPS) is 19.3. The number of carbonyl (C=O) groups excluding carboxylic acids is 1. The number of aliphatic hydroxyl groups is 1. The third kappa shape index (κ3) is 6.63. The molecule has 0 saturated carbocycles. The quantitative estimate of drug-likeness (QED) is 0.515. The highest BCUT2D eigenvalue weighted by atomic mass is 16.5. The summed E-state index contributed by atoms with van der Waals surface area (Å²) in [5, 5.41) is 20.3. The maximum Gasteiger partial charge on any atom is 0.317 e. The van der Waals surface area contributed by atoms with Gasteiger partial charge in [-0.3, -0.25) is 29.3 Å². The number of piperazine rings is 2. The molecule has 184 valence electrons. The number of fused-ring (bicyclic) bond motifs is 1. The fourth-order valence-electron chi connectivity index (χ4n) is 4.51. The molecule has 10 heteroatoms. The van der Waals surface area contributed by atoms with E-state index < -0.39 is 12.1 Å². The second-order valence-corrected chi connectivity index (χ2v) is 8.92. The molecular weight excluding hydrogens is 438 g/mol. The number of amides is 1. The molecule has 0 unspecified atom stereocenters. The van der Waals surface area contributed by atoms with E-state index >= 15 is 0 Å². The van der Waals surface area contributed by atoms with Gasteiger partial charge in [0.25, 0.3) is 0 Å². The van der Waals surface area contributed by atoms with Crippen LogP contribution < -0.4 is 4.74 Å². The highest BCUT2D eigenvalue weighted by Gasteiger charge is 2.26. The zero-order valence-corrected chi connectivity index (χ0v) is 19.4. The number of hydrogen-bond donors (Lipinski definition) is 2. The number of carboxylic acids is 1. The average Bonchev–Trinajstić information content (AvgIpc) is 2.84. The Hall–Kier alpha value is -2.79. The van der Waals surface area contributed by atoms with E-state index in [2.05, 4.69) is 14.8 Å². The monoisotopic (exact) mass is 471 g/mol. The summed E-state index contributed by atoms with van der Waals surface area (Å²) in [6, 6.07) is 9.55. The molecule has 0 bridgehead atoms. The molecule has 2 fully saturated rings. The minimum Gasteiger partial charge on any atom is -0.490 e. The van der Waals surface area contributed by atoms with E-state index in [9.17, 15) is 14.7 Å². The van der Waals surface area contributed by atoms with Gasteiger partial charge in [-0.05, 0) is 24.3 Å². The minimum absolute atomic E-state index is 0.0278. The summed E-state index contributed by atoms with van der Waals surface area (Å²) >= 11 is 0. The molecule has 2 saturated heterocycles. The second kappa shape index (κ2) is 11.6. The molecule has 10 nitrogen and oxygen atoms in total. The van der Waals surface area contributed by atoms with Gasteiger partial charge in [0.2, 0.25) is 5.91 Å². The van der Waals surface area contributed by atoms with Crippen LogP contribution in [0.2, 0.25) is 0 Å². The first-order valence-corrected chi connectivity index (χ1v) is 11.8. The van der Waals surface area contributed by atoms with Crippen molar-refractivity contribution >= 4 is 22.8 Å². The number of carboxylic acid groups (broad SMARTS) is 1. The Balaban J connectivity index is 1.15. The number of aromatic nitrogens is 1. The van der Waals surface area contributed by atoms with Gasteiger partial charge in [-0.15, -0.1) is 0 Å². The fourth-order valence-corrected chi connectivity index (χ4v) is 4.51. The molecule has 0 radical (unpaired) electrons. The van der Waals surface area contributed by atoms with Crippen LogP contribution in [-0.2, 0) is 9.59 Å². The fraction of sp³-hybridized carbons (Fsp3) is 0.542. The third-order valence-corrected chi connectivity index (χ3v) is 6.41. The molecule has 2 aliphatic heterocycles. The van der Waals surface area contributed by atoms with Crippen molar-refractivity contribution in [3.8, 4) is 5.75 Å². The van der Waals surface area contributed by atoms with Gasteiger partial charge in [-0.2, -0.15) is 0 Å². The Morgan fingerprint density at radius 2 is 1.59 bits per heavy atom. The van der Waals surface area contributed by atoms with Gasteiger partial charge in [0, 0.05) is 70.5 Å². The van der Waals surface area contributed by atoms with Gasteiger partial charge in [-0.25, -0.2) is 0 Å². The van der Waals surface area contributed by atoms with Gasteiger partial charge in [0.05, 0.1) is 18.6 Å². The lowest BCUT2D eigenvalue weighted by Crippen LogP contribution is -2.54. The van der Waals surface area contributed by atoms with Crippen LogP contribution in [0.4, 0.5) is 0 Å². The number of β-amino-alcohol motifs (C(OH)–C–C–N with tert-alkyl or cyclic N) is 1. The first-order chi connectivity index (χ1) is 16.5. The van der Waals surface area contributed by atoms with Crippen LogP contribution in [0.5, 0.6) is 5.75 Å². The number of pyridine rings is 1. The summed E-state index contributed by atoms with van der Waals surface area (Å²) in [5.74, 6) is -0.0154. The average molecular weight is 472 g/mol. The van der Waals surface area contributed by atoms with E-state index in [1.165, 1.54) is 0 Å². The number of nitrogens with zero attached hydrogens (tertiary/aromatic N) is 5. The summed E-state index contributed by atoms with van der Waals surface area (Å²) in [5.41, 5.74) is 0.863. The molecule has 2 N–H and O–H groups in total. The number of ether oxygens (including phenoxy) is 1. The second-order valence-electron chi connectivity index (χ2n) is 8.92. The number of rotatable bonds is 9. The van der Waals surface area contributed by atoms with E-state index in [0.29, 0.717) is 39.3 Å². The van der Waals surface area contributed by atoms with Crippen LogP contribution >= 0.6 is 0 Å². The van der Waals surface area contributed by atoms with Crippen molar-refractivity contribution in [2.24, 2.45) is 0 Å². The van der Waals surface area contributed by atoms with Crippen molar-refractivity contribution in [3.05, 3.63) is 36.5 Å². The molecule has 1 amide bonds. The molecule has 34 heavy (non-hydrogen) atoms. The standard InChI is InChI=1S/C24H33N5O5/c30-19(18-34-22-5-1-4-21-20(22)3-2-6-25-21)15-26-7-9-27(10-8-26)16-23(31)29-13-11-28(12-14-29)17-24(32)33/h1-6,19,30H,7-18H2,(H,32,33)/t19-/m1/s1. The predicted octanol–water partition coefficient (Wildman–Crippen LogP) is -0.179. The lowest BCUT2D eigenvalue weighted by atomic mass is 10.2. The molecule has 0 aliphatic carbocycles. The van der Waals surface area contributed by atoms with Gasteiger partial charge in [0.1, 0.15) is 18.5 Å². The molecule has 2 aliphatic rings. The first-order valence-electron chi connectivity index (χ1n) is 11.8. The molecule has 1 aromatic carbocycles. The maximum absolute atomic E-state index is 12.6. The van der Waals surface area contributed by atoms with Gasteiger partial charge < -0.3 is 19.8 Å². The summed E-state index contributed by atoms with van der Waals surface area (Å²) in [6.45, 7) is 6.60. The van der Waals surface area contributed by atoms with Gasteiger partial charge in [-0.1, -0.05) is 6.07 Å². The van der Waals surface area contributed by atoms with E-state index in [4.69, 9.17) is 9.84 Å². The first kappa shape index (κ1) is 24.3. The van der Waals surface area contributed by atoms with Crippen molar-refractivity contribution in [1.29, 1.82) is 0 Å². The molecule has 4 rings (SSSR count). The SMILES string of the molecule is O=C(O)CN1CCN(C(=O)CN2CCN(C[C@@H](O)COc3cccc4ncccc34)CC2)CC1. The van der Waals surface area contributed by atoms with Crippen molar-refractivity contribution in [3.63, 3.8) is 0 Å². The van der Waals surface area contributed by atoms with Crippen LogP contribution in [0, 0.1) is 0 Å². The number of benzene rings is 1. The Labute approximate surface area is 199 Å². The van der Waals surface area contributed by atoms with E-state index in [1.807, 2.05) is 40.1 Å². The Morgan fingerprint density at radius 3 is 2.32 bits per heavy atom. The minimum atomic E-state index is -0.833. The molecule has 3 heterocycles. The van der Waals surface area contributed by atoms with Crippen molar-refractivity contribution < 1.29 is 24.5 Å². The van der Waals surface area contributed by atoms with Crippen LogP contribution in [0.3, 0.4) is 0 Å². The number of hydrogen-bond acceptors (Lipinski definition) is 8. The van der Waals surface area contributed by atoms with Crippen molar-refractivity contribution in [1.82, 2.24) is 24.6 Å². The van der Waals surface area contributed by atoms with Gasteiger partial charge in [0.15, 0.2) is 0 Å². The Bertz CT molecular complexity index is 968. The third-order valence-electron chi connectivity index (χ3n) is 6.41. The van der Waals surface area contributed by atoms with E-state index in [0.717, 1.165) is 42.8 Å². The number of aliphatic carboxylic acids is 1.